The lowest BCUT2D eigenvalue weighted by atomic mass is 9.87. The molecule has 164 valence electrons. The summed E-state index contributed by atoms with van der Waals surface area (Å²) >= 11 is 0. The van der Waals surface area contributed by atoms with Gasteiger partial charge in [-0.1, -0.05) is 54.3 Å². The number of hydrogen-bond acceptors (Lipinski definition) is 1. The van der Waals surface area contributed by atoms with Crippen LogP contribution in [-0.4, -0.2) is 18.6 Å². The van der Waals surface area contributed by atoms with Gasteiger partial charge in [0.2, 0.25) is 0 Å². The first-order chi connectivity index (χ1) is 14.8. The molecule has 1 saturated carbocycles. The van der Waals surface area contributed by atoms with Gasteiger partial charge in [0.05, 0.1) is 6.10 Å². The van der Waals surface area contributed by atoms with E-state index in [1.807, 2.05) is 30.3 Å². The van der Waals surface area contributed by atoms with Gasteiger partial charge >= 0.3 is 6.18 Å². The molecule has 2 aromatic carbocycles. The number of aryl methyl sites for hydroxylation is 1. The van der Waals surface area contributed by atoms with Crippen LogP contribution in [0.3, 0.4) is 0 Å². The van der Waals surface area contributed by atoms with Crippen LogP contribution in [0.25, 0.3) is 11.1 Å². The van der Waals surface area contributed by atoms with E-state index in [0.29, 0.717) is 25.7 Å². The molecule has 0 spiro atoms. The highest BCUT2D eigenvalue weighted by atomic mass is 19.4. The Morgan fingerprint density at radius 3 is 2.10 bits per heavy atom. The van der Waals surface area contributed by atoms with E-state index in [0.717, 1.165) is 29.5 Å². The van der Waals surface area contributed by atoms with E-state index in [1.165, 1.54) is 5.56 Å². The predicted octanol–water partition coefficient (Wildman–Crippen LogP) is 7.26. The van der Waals surface area contributed by atoms with Crippen molar-refractivity contribution in [1.29, 1.82) is 0 Å². The minimum absolute atomic E-state index is 0.0894. The minimum Gasteiger partial charge on any atom is -0.338 e. The van der Waals surface area contributed by atoms with Gasteiger partial charge in [0.25, 0.3) is 6.36 Å². The highest BCUT2D eigenvalue weighted by Gasteiger charge is 2.43. The van der Waals surface area contributed by atoms with Crippen LogP contribution in [0.1, 0.15) is 43.2 Å². The zero-order valence-electron chi connectivity index (χ0n) is 17.3. The van der Waals surface area contributed by atoms with Crippen LogP contribution in [0.15, 0.2) is 61.2 Å². The molecule has 1 aliphatic rings. The molecule has 0 aromatic heterocycles. The minimum atomic E-state index is -4.96. The normalized spacial score (nSPS) is 19.9. The summed E-state index contributed by atoms with van der Waals surface area (Å²) in [5.74, 6) is 6.44. The van der Waals surface area contributed by atoms with Crippen LogP contribution in [-0.2, 0) is 11.2 Å². The topological polar surface area (TPSA) is 9.23 Å². The van der Waals surface area contributed by atoms with E-state index in [-0.39, 0.29) is 5.92 Å². The molecular formula is C26H26F4O. The Morgan fingerprint density at radius 1 is 0.968 bits per heavy atom. The molecule has 5 heteroatoms. The van der Waals surface area contributed by atoms with E-state index < -0.39 is 18.6 Å². The number of allylic oxidation sites excluding steroid dienone is 1. The van der Waals surface area contributed by atoms with Crippen molar-refractivity contribution in [2.75, 3.05) is 0 Å². The Bertz CT molecular complexity index is 896. The van der Waals surface area contributed by atoms with Crippen molar-refractivity contribution in [3.05, 3.63) is 72.3 Å². The van der Waals surface area contributed by atoms with Gasteiger partial charge in [0.1, 0.15) is 0 Å². The third-order valence-corrected chi connectivity index (χ3v) is 5.47. The Balaban J connectivity index is 1.51. The fraction of sp³-hybridized carbons (Fsp3) is 0.385. The maximum absolute atomic E-state index is 13.0. The van der Waals surface area contributed by atoms with Crippen LogP contribution in [0.5, 0.6) is 0 Å². The van der Waals surface area contributed by atoms with Gasteiger partial charge in [-0.3, -0.25) is 0 Å². The van der Waals surface area contributed by atoms with Gasteiger partial charge in [-0.25, -0.2) is 4.39 Å². The predicted molar refractivity (Wildman–Crippen MR) is 115 cm³/mol. The molecule has 0 bridgehead atoms. The van der Waals surface area contributed by atoms with Crippen LogP contribution < -0.4 is 0 Å². The molecule has 31 heavy (non-hydrogen) atoms. The number of halogens is 4. The van der Waals surface area contributed by atoms with Gasteiger partial charge in [0, 0.05) is 11.5 Å². The second-order valence-electron chi connectivity index (χ2n) is 7.84. The summed E-state index contributed by atoms with van der Waals surface area (Å²) in [6, 6.07) is 16.5. The van der Waals surface area contributed by atoms with Crippen LogP contribution in [0.4, 0.5) is 17.6 Å². The molecule has 1 nitrogen and oxygen atoms in total. The number of benzene rings is 2. The highest BCUT2D eigenvalue weighted by Crippen LogP contribution is 2.31. The molecule has 0 aliphatic heterocycles. The summed E-state index contributed by atoms with van der Waals surface area (Å²) in [6.07, 6.45) is -3.00. The second-order valence-corrected chi connectivity index (χ2v) is 7.84. The zero-order chi connectivity index (χ0) is 22.3. The lowest BCUT2D eigenvalue weighted by Gasteiger charge is -2.27. The van der Waals surface area contributed by atoms with E-state index in [9.17, 15) is 17.6 Å². The third kappa shape index (κ3) is 6.97. The summed E-state index contributed by atoms with van der Waals surface area (Å²) in [7, 11) is 0. The fourth-order valence-corrected chi connectivity index (χ4v) is 3.65. The highest BCUT2D eigenvalue weighted by molar-refractivity contribution is 5.64. The summed E-state index contributed by atoms with van der Waals surface area (Å²) in [5.41, 5.74) is 4.44. The summed E-state index contributed by atoms with van der Waals surface area (Å²) < 4.78 is 54.3. The van der Waals surface area contributed by atoms with Crippen molar-refractivity contribution in [1.82, 2.24) is 0 Å². The van der Waals surface area contributed by atoms with Crippen molar-refractivity contribution < 1.29 is 22.3 Å². The largest absolute Gasteiger partial charge is 0.445 e. The lowest BCUT2D eigenvalue weighted by Crippen LogP contribution is -2.33. The molecule has 0 radical (unpaired) electrons. The van der Waals surface area contributed by atoms with Crippen molar-refractivity contribution >= 4 is 0 Å². The lowest BCUT2D eigenvalue weighted by molar-refractivity contribution is -0.279. The standard InChI is InChI=1S/C26H26F4O/c1-2-3-4-19-7-13-22(14-8-19)23-15-9-20(10-16-23)5-6-21-11-17-24(18-12-21)31-25(27)26(28,29)30/h2,7-10,13-16,21,24-25H,1,3-4,11-12,17-18H2. The first-order valence-electron chi connectivity index (χ1n) is 10.5. The monoisotopic (exact) mass is 430 g/mol. The average Bonchev–Trinajstić information content (AvgIpc) is 2.77. The molecule has 1 fully saturated rings. The van der Waals surface area contributed by atoms with Gasteiger partial charge in [-0.2, -0.15) is 13.2 Å². The van der Waals surface area contributed by atoms with Crippen molar-refractivity contribution in [3.63, 3.8) is 0 Å². The maximum atomic E-state index is 13.0. The molecule has 1 aliphatic carbocycles. The van der Waals surface area contributed by atoms with E-state index in [4.69, 9.17) is 0 Å². The van der Waals surface area contributed by atoms with Gasteiger partial charge in [0.15, 0.2) is 0 Å². The van der Waals surface area contributed by atoms with E-state index in [1.54, 1.807) is 0 Å². The molecular weight excluding hydrogens is 404 g/mol. The zero-order valence-corrected chi connectivity index (χ0v) is 17.3. The van der Waals surface area contributed by atoms with Crippen LogP contribution in [0, 0.1) is 17.8 Å². The Morgan fingerprint density at radius 2 is 1.55 bits per heavy atom. The molecule has 2 aromatic rings. The van der Waals surface area contributed by atoms with Gasteiger partial charge in [-0.15, -0.1) is 6.58 Å². The summed E-state index contributed by atoms with van der Waals surface area (Å²) in [4.78, 5) is 0. The van der Waals surface area contributed by atoms with E-state index >= 15 is 0 Å². The average molecular weight is 430 g/mol. The molecule has 0 amide bonds. The van der Waals surface area contributed by atoms with Crippen molar-refractivity contribution in [2.45, 2.75) is 57.2 Å². The Labute approximate surface area is 181 Å². The van der Waals surface area contributed by atoms with Crippen LogP contribution in [0.2, 0.25) is 0 Å². The fourth-order valence-electron chi connectivity index (χ4n) is 3.65. The van der Waals surface area contributed by atoms with Crippen molar-refractivity contribution in [2.24, 2.45) is 5.92 Å². The summed E-state index contributed by atoms with van der Waals surface area (Å²) in [5, 5.41) is 0. The number of rotatable bonds is 6. The number of alkyl halides is 4. The van der Waals surface area contributed by atoms with Gasteiger partial charge < -0.3 is 4.74 Å². The Hall–Kier alpha value is -2.58. The number of ether oxygens (including phenoxy) is 1. The molecule has 1 atom stereocenters. The number of hydrogen-bond donors (Lipinski definition) is 0. The molecule has 0 N–H and O–H groups in total. The molecule has 0 heterocycles. The summed E-state index contributed by atoms with van der Waals surface area (Å²) in [6.45, 7) is 3.75. The van der Waals surface area contributed by atoms with Crippen molar-refractivity contribution in [3.8, 4) is 23.0 Å². The smallest absolute Gasteiger partial charge is 0.338 e. The third-order valence-electron chi connectivity index (χ3n) is 5.47. The van der Waals surface area contributed by atoms with Crippen LogP contribution >= 0.6 is 0 Å². The first kappa shape index (κ1) is 23.1. The Kier molecular flexibility index (Phi) is 7.92. The molecule has 1 unspecified atom stereocenters. The van der Waals surface area contributed by atoms with E-state index in [2.05, 4.69) is 47.4 Å². The SMILES string of the molecule is C=CCCc1ccc(-c2ccc(C#CC3CCC(OC(F)C(F)(F)F)CC3)cc2)cc1. The molecule has 3 rings (SSSR count). The maximum Gasteiger partial charge on any atom is 0.445 e. The first-order valence-corrected chi connectivity index (χ1v) is 10.5. The van der Waals surface area contributed by atoms with Gasteiger partial charge in [-0.05, 0) is 67.3 Å². The second kappa shape index (κ2) is 10.6. The molecule has 0 saturated heterocycles. The quantitative estimate of drug-likeness (QED) is 0.266.